The van der Waals surface area contributed by atoms with E-state index in [9.17, 15) is 4.39 Å². The molecule has 0 saturated carbocycles. The van der Waals surface area contributed by atoms with E-state index in [1.165, 1.54) is 11.6 Å². The highest BCUT2D eigenvalue weighted by atomic mass is 19.1. The summed E-state index contributed by atoms with van der Waals surface area (Å²) in [6, 6.07) is 6.92. The lowest BCUT2D eigenvalue weighted by atomic mass is 9.93. The largest absolute Gasteiger partial charge is 0.469 e. The molecule has 4 heteroatoms. The van der Waals surface area contributed by atoms with Gasteiger partial charge in [-0.15, -0.1) is 0 Å². The number of nitrogens with zero attached hydrogens (tertiary/aromatic N) is 1. The van der Waals surface area contributed by atoms with Crippen molar-refractivity contribution >= 4 is 5.82 Å². The minimum Gasteiger partial charge on any atom is -0.469 e. The zero-order chi connectivity index (χ0) is 11.7. The fraction of sp³-hybridized carbons (Fsp3) is 0.308. The second kappa shape index (κ2) is 4.20. The van der Waals surface area contributed by atoms with Crippen LogP contribution in [-0.4, -0.2) is 4.98 Å². The molecule has 0 spiro atoms. The first-order chi connectivity index (χ1) is 8.33. The minimum atomic E-state index is -0.460. The number of nitrogens with one attached hydrogen (secondary N) is 1. The van der Waals surface area contributed by atoms with Crippen LogP contribution in [0.5, 0.6) is 0 Å². The van der Waals surface area contributed by atoms with Crippen molar-refractivity contribution in [1.82, 2.24) is 4.98 Å². The van der Waals surface area contributed by atoms with E-state index in [4.69, 9.17) is 4.42 Å². The first kappa shape index (κ1) is 10.3. The summed E-state index contributed by atoms with van der Waals surface area (Å²) >= 11 is 0. The van der Waals surface area contributed by atoms with E-state index in [1.54, 1.807) is 18.4 Å². The molecule has 2 aromatic heterocycles. The summed E-state index contributed by atoms with van der Waals surface area (Å²) in [7, 11) is 0. The highest BCUT2D eigenvalue weighted by molar-refractivity contribution is 5.39. The molecule has 2 heterocycles. The molecule has 17 heavy (non-hydrogen) atoms. The lowest BCUT2D eigenvalue weighted by molar-refractivity contribution is 0.461. The molecule has 1 aliphatic rings. The number of aryl methyl sites for hydroxylation is 1. The lowest BCUT2D eigenvalue weighted by Crippen LogP contribution is -2.16. The van der Waals surface area contributed by atoms with Gasteiger partial charge in [-0.1, -0.05) is 6.07 Å². The third-order valence-electron chi connectivity index (χ3n) is 3.09. The van der Waals surface area contributed by atoms with Crippen LogP contribution in [0.4, 0.5) is 10.2 Å². The van der Waals surface area contributed by atoms with E-state index >= 15 is 0 Å². The summed E-state index contributed by atoms with van der Waals surface area (Å²) in [5.41, 5.74) is 1.17. The van der Waals surface area contributed by atoms with E-state index < -0.39 is 5.95 Å². The van der Waals surface area contributed by atoms with E-state index in [-0.39, 0.29) is 6.04 Å². The summed E-state index contributed by atoms with van der Waals surface area (Å²) in [4.78, 5) is 3.82. The van der Waals surface area contributed by atoms with Gasteiger partial charge in [0.05, 0.1) is 12.3 Å². The molecule has 2 aromatic rings. The van der Waals surface area contributed by atoms with Crippen LogP contribution in [-0.2, 0) is 6.42 Å². The van der Waals surface area contributed by atoms with Crippen LogP contribution in [0.2, 0.25) is 0 Å². The second-order valence-corrected chi connectivity index (χ2v) is 4.23. The summed E-state index contributed by atoms with van der Waals surface area (Å²) in [5.74, 6) is 1.15. The second-order valence-electron chi connectivity index (χ2n) is 4.23. The van der Waals surface area contributed by atoms with Gasteiger partial charge in [-0.25, -0.2) is 4.98 Å². The van der Waals surface area contributed by atoms with Gasteiger partial charge < -0.3 is 9.73 Å². The number of furan rings is 1. The number of rotatable bonds is 2. The Morgan fingerprint density at radius 1 is 1.35 bits per heavy atom. The Morgan fingerprint density at radius 3 is 3.18 bits per heavy atom. The molecule has 88 valence electrons. The standard InChI is InChI=1S/C13H13FN2O/c14-12-5-2-6-13(16-12)15-10-3-1-4-11-9(10)7-8-17-11/h2,5-8,10H,1,3-4H2,(H,15,16). The third kappa shape index (κ3) is 2.02. The average Bonchev–Trinajstić information content (AvgIpc) is 2.78. The van der Waals surface area contributed by atoms with Crippen molar-refractivity contribution in [3.05, 3.63) is 47.8 Å². The van der Waals surface area contributed by atoms with E-state index in [2.05, 4.69) is 10.3 Å². The maximum Gasteiger partial charge on any atom is 0.214 e. The molecule has 0 aliphatic heterocycles. The van der Waals surface area contributed by atoms with Gasteiger partial charge in [0.1, 0.15) is 11.6 Å². The predicted molar refractivity (Wildman–Crippen MR) is 62.2 cm³/mol. The van der Waals surface area contributed by atoms with Crippen LogP contribution in [0.25, 0.3) is 0 Å². The Labute approximate surface area is 98.7 Å². The number of fused-ring (bicyclic) bond motifs is 1. The molecular weight excluding hydrogens is 219 g/mol. The molecule has 0 aromatic carbocycles. The Balaban J connectivity index is 1.84. The highest BCUT2D eigenvalue weighted by Gasteiger charge is 2.22. The molecule has 0 fully saturated rings. The van der Waals surface area contributed by atoms with Crippen molar-refractivity contribution in [2.75, 3.05) is 5.32 Å². The number of hydrogen-bond acceptors (Lipinski definition) is 3. The van der Waals surface area contributed by atoms with Crippen molar-refractivity contribution in [2.45, 2.75) is 25.3 Å². The van der Waals surface area contributed by atoms with Crippen LogP contribution in [0.15, 0.2) is 34.9 Å². The molecule has 0 bridgehead atoms. The van der Waals surface area contributed by atoms with Crippen LogP contribution in [0.1, 0.15) is 30.2 Å². The van der Waals surface area contributed by atoms with E-state index in [1.807, 2.05) is 6.07 Å². The van der Waals surface area contributed by atoms with Crippen molar-refractivity contribution < 1.29 is 8.81 Å². The van der Waals surface area contributed by atoms with Crippen molar-refractivity contribution in [2.24, 2.45) is 0 Å². The van der Waals surface area contributed by atoms with Gasteiger partial charge in [-0.3, -0.25) is 0 Å². The quantitative estimate of drug-likeness (QED) is 0.807. The number of hydrogen-bond donors (Lipinski definition) is 1. The van der Waals surface area contributed by atoms with E-state index in [0.717, 1.165) is 25.0 Å². The maximum absolute atomic E-state index is 13.0. The van der Waals surface area contributed by atoms with Gasteiger partial charge in [0.25, 0.3) is 0 Å². The van der Waals surface area contributed by atoms with Crippen LogP contribution in [0.3, 0.4) is 0 Å². The minimum absolute atomic E-state index is 0.173. The Bertz CT molecular complexity index is 524. The van der Waals surface area contributed by atoms with Crippen LogP contribution in [0, 0.1) is 5.95 Å². The Kier molecular flexibility index (Phi) is 2.55. The molecule has 1 N–H and O–H groups in total. The smallest absolute Gasteiger partial charge is 0.214 e. The Morgan fingerprint density at radius 2 is 2.29 bits per heavy atom. The first-order valence-corrected chi connectivity index (χ1v) is 5.78. The van der Waals surface area contributed by atoms with Gasteiger partial charge in [0.2, 0.25) is 5.95 Å². The molecule has 1 unspecified atom stereocenters. The average molecular weight is 232 g/mol. The molecule has 1 aliphatic carbocycles. The maximum atomic E-state index is 13.0. The molecule has 1 atom stereocenters. The van der Waals surface area contributed by atoms with Gasteiger partial charge in [-0.05, 0) is 31.0 Å². The zero-order valence-electron chi connectivity index (χ0n) is 9.32. The number of aromatic nitrogens is 1. The van der Waals surface area contributed by atoms with Gasteiger partial charge in [-0.2, -0.15) is 4.39 Å². The fourth-order valence-corrected chi connectivity index (χ4v) is 2.30. The highest BCUT2D eigenvalue weighted by Crippen LogP contribution is 2.32. The fourth-order valence-electron chi connectivity index (χ4n) is 2.30. The topological polar surface area (TPSA) is 38.1 Å². The Hall–Kier alpha value is -1.84. The number of pyridine rings is 1. The molecule has 3 nitrogen and oxygen atoms in total. The molecule has 0 saturated heterocycles. The van der Waals surface area contributed by atoms with Gasteiger partial charge >= 0.3 is 0 Å². The van der Waals surface area contributed by atoms with Crippen LogP contribution >= 0.6 is 0 Å². The third-order valence-corrected chi connectivity index (χ3v) is 3.09. The van der Waals surface area contributed by atoms with Crippen molar-refractivity contribution in [3.63, 3.8) is 0 Å². The van der Waals surface area contributed by atoms with Gasteiger partial charge in [0.15, 0.2) is 0 Å². The molecule has 0 amide bonds. The van der Waals surface area contributed by atoms with Crippen LogP contribution < -0.4 is 5.32 Å². The van der Waals surface area contributed by atoms with Crippen molar-refractivity contribution in [3.8, 4) is 0 Å². The molecule has 3 rings (SSSR count). The molecule has 0 radical (unpaired) electrons. The summed E-state index contributed by atoms with van der Waals surface area (Å²) in [5, 5.41) is 3.25. The number of anilines is 1. The van der Waals surface area contributed by atoms with E-state index in [0.29, 0.717) is 5.82 Å². The first-order valence-electron chi connectivity index (χ1n) is 5.78. The SMILES string of the molecule is Fc1cccc(NC2CCCc3occc32)n1. The lowest BCUT2D eigenvalue weighted by Gasteiger charge is -2.23. The normalized spacial score (nSPS) is 18.8. The summed E-state index contributed by atoms with van der Waals surface area (Å²) in [6.45, 7) is 0. The molecular formula is C13H13FN2O. The summed E-state index contributed by atoms with van der Waals surface area (Å²) in [6.07, 6.45) is 4.79. The predicted octanol–water partition coefficient (Wildman–Crippen LogP) is 3.30. The van der Waals surface area contributed by atoms with Gasteiger partial charge in [0, 0.05) is 12.0 Å². The zero-order valence-corrected chi connectivity index (χ0v) is 9.32. The monoisotopic (exact) mass is 232 g/mol. The number of halogens is 1. The van der Waals surface area contributed by atoms with Crippen molar-refractivity contribution in [1.29, 1.82) is 0 Å². The summed E-state index contributed by atoms with van der Waals surface area (Å²) < 4.78 is 18.4.